The third-order valence-electron chi connectivity index (χ3n) is 4.43. The topological polar surface area (TPSA) is 58.8 Å². The van der Waals surface area contributed by atoms with E-state index in [1.54, 1.807) is 0 Å². The zero-order chi connectivity index (χ0) is 14.7. The van der Waals surface area contributed by atoms with E-state index in [-0.39, 0.29) is 5.92 Å². The fourth-order valence-electron chi connectivity index (χ4n) is 3.11. The summed E-state index contributed by atoms with van der Waals surface area (Å²) in [6.45, 7) is 4.72. The summed E-state index contributed by atoms with van der Waals surface area (Å²) in [7, 11) is 0. The molecular weight excluding hydrogens is 266 g/mol. The first-order valence-electron chi connectivity index (χ1n) is 7.71. The van der Waals surface area contributed by atoms with Gasteiger partial charge in [-0.05, 0) is 37.1 Å². The third-order valence-corrected chi connectivity index (χ3v) is 4.43. The van der Waals surface area contributed by atoms with Crippen LogP contribution in [0.5, 0.6) is 0 Å². The Hall–Kier alpha value is -1.75. The second kappa shape index (κ2) is 6.35. The number of piperidine rings is 1. The van der Waals surface area contributed by atoms with Gasteiger partial charge in [-0.25, -0.2) is 0 Å². The molecule has 21 heavy (non-hydrogen) atoms. The fourth-order valence-corrected chi connectivity index (χ4v) is 3.11. The number of nitrogens with two attached hydrogens (primary N) is 1. The van der Waals surface area contributed by atoms with Gasteiger partial charge in [-0.3, -0.25) is 4.79 Å². The lowest BCUT2D eigenvalue weighted by Gasteiger charge is -2.36. The van der Waals surface area contributed by atoms with Gasteiger partial charge in [-0.1, -0.05) is 0 Å². The minimum absolute atomic E-state index is 0.174. The van der Waals surface area contributed by atoms with Crippen molar-refractivity contribution in [3.05, 3.63) is 24.3 Å². The molecule has 0 atom stereocenters. The number of morpholine rings is 1. The molecule has 5 nitrogen and oxygen atoms in total. The molecule has 0 aromatic heterocycles. The lowest BCUT2D eigenvalue weighted by molar-refractivity contribution is -0.140. The second-order valence-corrected chi connectivity index (χ2v) is 5.79. The Kier molecular flexibility index (Phi) is 4.29. The van der Waals surface area contributed by atoms with Crippen molar-refractivity contribution in [2.45, 2.75) is 12.8 Å². The number of ether oxygens (including phenoxy) is 1. The highest BCUT2D eigenvalue weighted by molar-refractivity contribution is 5.79. The van der Waals surface area contributed by atoms with Gasteiger partial charge in [0.25, 0.3) is 0 Å². The van der Waals surface area contributed by atoms with Crippen molar-refractivity contribution in [2.75, 3.05) is 50.0 Å². The van der Waals surface area contributed by atoms with E-state index in [9.17, 15) is 4.79 Å². The number of carbonyl (C=O) groups excluding carboxylic acids is 1. The number of hydrogen-bond acceptors (Lipinski definition) is 4. The van der Waals surface area contributed by atoms with Crippen molar-refractivity contribution in [1.29, 1.82) is 0 Å². The molecular formula is C16H23N3O2. The second-order valence-electron chi connectivity index (χ2n) is 5.79. The van der Waals surface area contributed by atoms with Crippen molar-refractivity contribution < 1.29 is 9.53 Å². The van der Waals surface area contributed by atoms with Crippen molar-refractivity contribution in [1.82, 2.24) is 4.90 Å². The molecule has 2 N–H and O–H groups in total. The predicted octanol–water partition coefficient (Wildman–Crippen LogP) is 1.34. The zero-order valence-electron chi connectivity index (χ0n) is 12.3. The first kappa shape index (κ1) is 14.2. The van der Waals surface area contributed by atoms with E-state index >= 15 is 0 Å². The number of hydrogen-bond donors (Lipinski definition) is 1. The van der Waals surface area contributed by atoms with Gasteiger partial charge >= 0.3 is 0 Å². The van der Waals surface area contributed by atoms with Crippen LogP contribution in [-0.4, -0.2) is 50.2 Å². The van der Waals surface area contributed by atoms with E-state index in [0.29, 0.717) is 19.1 Å². The SMILES string of the molecule is Nc1ccc(N2CCC(C(=O)N3CCOCC3)CC2)cc1. The normalized spacial score (nSPS) is 20.6. The van der Waals surface area contributed by atoms with Crippen molar-refractivity contribution >= 4 is 17.3 Å². The molecule has 2 aliphatic rings. The molecule has 0 spiro atoms. The summed E-state index contributed by atoms with van der Waals surface area (Å²) in [6.07, 6.45) is 1.86. The van der Waals surface area contributed by atoms with Crippen LogP contribution >= 0.6 is 0 Å². The molecule has 0 bridgehead atoms. The summed E-state index contributed by atoms with van der Waals surface area (Å²) >= 11 is 0. The van der Waals surface area contributed by atoms with Crippen LogP contribution in [0.15, 0.2) is 24.3 Å². The number of anilines is 2. The molecule has 3 rings (SSSR count). The van der Waals surface area contributed by atoms with E-state index in [1.165, 1.54) is 5.69 Å². The van der Waals surface area contributed by atoms with E-state index in [2.05, 4.69) is 17.0 Å². The van der Waals surface area contributed by atoms with Crippen LogP contribution in [0.3, 0.4) is 0 Å². The van der Waals surface area contributed by atoms with Gasteiger partial charge in [0.05, 0.1) is 13.2 Å². The van der Waals surface area contributed by atoms with Crippen molar-refractivity contribution in [3.63, 3.8) is 0 Å². The fraction of sp³-hybridized carbons (Fsp3) is 0.562. The number of nitrogen functional groups attached to an aromatic ring is 1. The summed E-state index contributed by atoms with van der Waals surface area (Å²) in [5.41, 5.74) is 7.71. The lowest BCUT2D eigenvalue weighted by atomic mass is 9.94. The Morgan fingerprint density at radius 2 is 1.67 bits per heavy atom. The standard InChI is InChI=1S/C16H23N3O2/c17-14-1-3-15(4-2-14)18-7-5-13(6-8-18)16(20)19-9-11-21-12-10-19/h1-4,13H,5-12,17H2. The Bertz CT molecular complexity index is 475. The summed E-state index contributed by atoms with van der Waals surface area (Å²) in [5.74, 6) is 0.489. The lowest BCUT2D eigenvalue weighted by Crippen LogP contribution is -2.46. The van der Waals surface area contributed by atoms with Gasteiger partial charge in [-0.15, -0.1) is 0 Å². The third kappa shape index (κ3) is 3.29. The Morgan fingerprint density at radius 3 is 2.29 bits per heavy atom. The highest BCUT2D eigenvalue weighted by Gasteiger charge is 2.29. The molecule has 1 amide bonds. The largest absolute Gasteiger partial charge is 0.399 e. The molecule has 0 radical (unpaired) electrons. The first-order chi connectivity index (χ1) is 10.2. The maximum absolute atomic E-state index is 12.5. The molecule has 2 fully saturated rings. The maximum Gasteiger partial charge on any atom is 0.225 e. The van der Waals surface area contributed by atoms with Crippen LogP contribution in [0.25, 0.3) is 0 Å². The van der Waals surface area contributed by atoms with E-state index in [4.69, 9.17) is 10.5 Å². The Morgan fingerprint density at radius 1 is 1.05 bits per heavy atom. The molecule has 114 valence electrons. The number of benzene rings is 1. The summed E-state index contributed by atoms with van der Waals surface area (Å²) in [4.78, 5) is 16.8. The van der Waals surface area contributed by atoms with Gasteiger partial charge in [0.1, 0.15) is 0 Å². The highest BCUT2D eigenvalue weighted by Crippen LogP contribution is 2.25. The van der Waals surface area contributed by atoms with Crippen LogP contribution in [0.1, 0.15) is 12.8 Å². The summed E-state index contributed by atoms with van der Waals surface area (Å²) in [6, 6.07) is 7.97. The monoisotopic (exact) mass is 289 g/mol. The molecule has 2 saturated heterocycles. The average Bonchev–Trinajstić information content (AvgIpc) is 2.56. The summed E-state index contributed by atoms with van der Waals surface area (Å²) in [5, 5.41) is 0. The molecule has 0 aliphatic carbocycles. The van der Waals surface area contributed by atoms with Crippen LogP contribution in [0.4, 0.5) is 11.4 Å². The number of nitrogens with zero attached hydrogens (tertiary/aromatic N) is 2. The predicted molar refractivity (Wildman–Crippen MR) is 83.2 cm³/mol. The van der Waals surface area contributed by atoms with Crippen LogP contribution in [-0.2, 0) is 9.53 Å². The maximum atomic E-state index is 12.5. The van der Waals surface area contributed by atoms with E-state index < -0.39 is 0 Å². The molecule has 2 heterocycles. The van der Waals surface area contributed by atoms with E-state index in [1.807, 2.05) is 17.0 Å². The van der Waals surface area contributed by atoms with Crippen LogP contribution in [0, 0.1) is 5.92 Å². The molecule has 1 aromatic rings. The van der Waals surface area contributed by atoms with Crippen molar-refractivity contribution in [3.8, 4) is 0 Å². The molecule has 0 saturated carbocycles. The van der Waals surface area contributed by atoms with Crippen LogP contribution < -0.4 is 10.6 Å². The summed E-state index contributed by atoms with van der Waals surface area (Å²) < 4.78 is 5.31. The highest BCUT2D eigenvalue weighted by atomic mass is 16.5. The number of carbonyl (C=O) groups is 1. The first-order valence-corrected chi connectivity index (χ1v) is 7.71. The quantitative estimate of drug-likeness (QED) is 0.835. The molecule has 2 aliphatic heterocycles. The van der Waals surface area contributed by atoms with Gasteiger partial charge in [0.15, 0.2) is 0 Å². The van der Waals surface area contributed by atoms with Crippen LogP contribution in [0.2, 0.25) is 0 Å². The Labute approximate surface area is 125 Å². The minimum atomic E-state index is 0.174. The Balaban J connectivity index is 1.54. The van der Waals surface area contributed by atoms with Gasteiger partial charge in [0.2, 0.25) is 5.91 Å². The number of amides is 1. The smallest absolute Gasteiger partial charge is 0.225 e. The molecule has 0 unspecified atom stereocenters. The molecule has 5 heteroatoms. The minimum Gasteiger partial charge on any atom is -0.399 e. The van der Waals surface area contributed by atoms with Gasteiger partial charge in [0, 0.05) is 43.5 Å². The van der Waals surface area contributed by atoms with E-state index in [0.717, 1.165) is 44.7 Å². The average molecular weight is 289 g/mol. The van der Waals surface area contributed by atoms with Gasteiger partial charge in [-0.2, -0.15) is 0 Å². The molecule has 1 aromatic carbocycles. The zero-order valence-corrected chi connectivity index (χ0v) is 12.3. The number of rotatable bonds is 2. The van der Waals surface area contributed by atoms with Gasteiger partial charge < -0.3 is 20.3 Å². The van der Waals surface area contributed by atoms with Crippen molar-refractivity contribution in [2.24, 2.45) is 5.92 Å².